The second-order valence-electron chi connectivity index (χ2n) is 7.15. The molecule has 2 N–H and O–H groups in total. The summed E-state index contributed by atoms with van der Waals surface area (Å²) < 4.78 is 0. The number of benzene rings is 1. The Balaban J connectivity index is 1.55. The molecule has 1 aromatic carbocycles. The van der Waals surface area contributed by atoms with Gasteiger partial charge in [0.05, 0.1) is 0 Å². The first-order valence-corrected chi connectivity index (χ1v) is 8.91. The lowest BCUT2D eigenvalue weighted by Crippen LogP contribution is -2.49. The molecule has 1 heterocycles. The van der Waals surface area contributed by atoms with Crippen molar-refractivity contribution in [1.29, 1.82) is 0 Å². The topological polar surface area (TPSA) is 49.6 Å². The summed E-state index contributed by atoms with van der Waals surface area (Å²) in [6.07, 6.45) is 4.03. The fraction of sp³-hybridized carbons (Fsp3) is 0.632. The summed E-state index contributed by atoms with van der Waals surface area (Å²) in [6, 6.07) is 6.70. The highest BCUT2D eigenvalue weighted by Crippen LogP contribution is 2.28. The zero-order valence-corrected chi connectivity index (χ0v) is 14.4. The molecule has 0 spiro atoms. The third-order valence-electron chi connectivity index (χ3n) is 5.70. The molecule has 2 fully saturated rings. The number of amides is 1. The van der Waals surface area contributed by atoms with Gasteiger partial charge < -0.3 is 15.5 Å². The van der Waals surface area contributed by atoms with E-state index in [1.54, 1.807) is 0 Å². The molecule has 4 heteroatoms. The van der Waals surface area contributed by atoms with Crippen LogP contribution in [-0.2, 0) is 4.79 Å². The highest BCUT2D eigenvalue weighted by molar-refractivity contribution is 5.77. The van der Waals surface area contributed by atoms with Crippen LogP contribution in [0.15, 0.2) is 18.2 Å². The lowest BCUT2D eigenvalue weighted by molar-refractivity contribution is -0.132. The maximum atomic E-state index is 12.5. The number of carbonyl (C=O) groups excluding carboxylic acids is 1. The smallest absolute Gasteiger partial charge is 0.223 e. The van der Waals surface area contributed by atoms with E-state index in [0.29, 0.717) is 18.2 Å². The van der Waals surface area contributed by atoms with Crippen molar-refractivity contribution in [1.82, 2.24) is 4.90 Å². The summed E-state index contributed by atoms with van der Waals surface area (Å²) in [7, 11) is 0. The summed E-state index contributed by atoms with van der Waals surface area (Å²) >= 11 is 0. The van der Waals surface area contributed by atoms with Crippen LogP contribution in [0.4, 0.5) is 5.69 Å². The largest absolute Gasteiger partial charge is 0.368 e. The first-order valence-electron chi connectivity index (χ1n) is 8.91. The minimum Gasteiger partial charge on any atom is -0.368 e. The van der Waals surface area contributed by atoms with Crippen molar-refractivity contribution in [2.75, 3.05) is 31.1 Å². The van der Waals surface area contributed by atoms with Crippen LogP contribution in [0.1, 0.15) is 36.8 Å². The summed E-state index contributed by atoms with van der Waals surface area (Å²) in [5.41, 5.74) is 10.1. The maximum absolute atomic E-state index is 12.5. The first kappa shape index (κ1) is 16.3. The predicted octanol–water partition coefficient (Wildman–Crippen LogP) is 2.47. The third-order valence-corrected chi connectivity index (χ3v) is 5.70. The van der Waals surface area contributed by atoms with E-state index in [2.05, 4.69) is 36.9 Å². The van der Waals surface area contributed by atoms with Gasteiger partial charge in [-0.1, -0.05) is 18.6 Å². The molecule has 1 saturated heterocycles. The molecular formula is C19H29N3O. The van der Waals surface area contributed by atoms with Crippen LogP contribution >= 0.6 is 0 Å². The van der Waals surface area contributed by atoms with Crippen LogP contribution in [0, 0.1) is 19.8 Å². The van der Waals surface area contributed by atoms with Gasteiger partial charge in [0.2, 0.25) is 5.91 Å². The molecule has 1 saturated carbocycles. The molecule has 0 aromatic heterocycles. The van der Waals surface area contributed by atoms with Gasteiger partial charge in [-0.3, -0.25) is 4.79 Å². The third kappa shape index (κ3) is 3.52. The number of nitrogens with zero attached hydrogens (tertiary/aromatic N) is 2. The molecule has 1 amide bonds. The van der Waals surface area contributed by atoms with Crippen LogP contribution in [0.5, 0.6) is 0 Å². The Kier molecular flexibility index (Phi) is 4.90. The Bertz CT molecular complexity index is 564. The molecule has 1 aliphatic carbocycles. The van der Waals surface area contributed by atoms with Gasteiger partial charge in [-0.2, -0.15) is 0 Å². The first-order chi connectivity index (χ1) is 11.1. The van der Waals surface area contributed by atoms with Gasteiger partial charge in [-0.25, -0.2) is 0 Å². The van der Waals surface area contributed by atoms with Gasteiger partial charge in [0.25, 0.3) is 0 Å². The molecule has 23 heavy (non-hydrogen) atoms. The number of anilines is 1. The van der Waals surface area contributed by atoms with Crippen LogP contribution in [0.2, 0.25) is 0 Å². The molecule has 3 rings (SSSR count). The van der Waals surface area contributed by atoms with Crippen molar-refractivity contribution < 1.29 is 4.79 Å². The molecule has 126 valence electrons. The molecule has 0 bridgehead atoms. The molecule has 1 aliphatic heterocycles. The zero-order chi connectivity index (χ0) is 16.4. The second kappa shape index (κ2) is 6.91. The summed E-state index contributed by atoms with van der Waals surface area (Å²) in [4.78, 5) is 17.0. The lowest BCUT2D eigenvalue weighted by atomic mass is 9.99. The van der Waals surface area contributed by atoms with Crippen LogP contribution < -0.4 is 10.6 Å². The van der Waals surface area contributed by atoms with E-state index in [4.69, 9.17) is 5.73 Å². The minimum absolute atomic E-state index is 0.232. The second-order valence-corrected chi connectivity index (χ2v) is 7.15. The predicted molar refractivity (Wildman–Crippen MR) is 94.6 cm³/mol. The van der Waals surface area contributed by atoms with Gasteiger partial charge in [0.1, 0.15) is 0 Å². The quantitative estimate of drug-likeness (QED) is 0.932. The van der Waals surface area contributed by atoms with Crippen LogP contribution in [0.25, 0.3) is 0 Å². The fourth-order valence-electron chi connectivity index (χ4n) is 3.95. The minimum atomic E-state index is 0.232. The lowest BCUT2D eigenvalue weighted by Gasteiger charge is -2.37. The molecule has 0 unspecified atom stereocenters. The number of hydrogen-bond acceptors (Lipinski definition) is 3. The summed E-state index contributed by atoms with van der Waals surface area (Å²) in [5.74, 6) is 0.701. The molecule has 2 aliphatic rings. The van der Waals surface area contributed by atoms with Crippen LogP contribution in [-0.4, -0.2) is 43.0 Å². The molecule has 1 aromatic rings. The van der Waals surface area contributed by atoms with Gasteiger partial charge in [0, 0.05) is 44.3 Å². The van der Waals surface area contributed by atoms with E-state index < -0.39 is 0 Å². The average molecular weight is 315 g/mol. The highest BCUT2D eigenvalue weighted by Gasteiger charge is 2.29. The molecule has 2 atom stereocenters. The monoisotopic (exact) mass is 315 g/mol. The zero-order valence-electron chi connectivity index (χ0n) is 14.4. The Morgan fingerprint density at radius 1 is 1.17 bits per heavy atom. The SMILES string of the molecule is Cc1cccc(N2CCN(C(=O)C[C@@H]3CCC[C@H]3N)CC2)c1C. The Hall–Kier alpha value is -1.55. The molecule has 4 nitrogen and oxygen atoms in total. The Labute approximate surface area is 139 Å². The van der Waals surface area contributed by atoms with E-state index in [1.165, 1.54) is 23.2 Å². The summed E-state index contributed by atoms with van der Waals surface area (Å²) in [6.45, 7) is 7.84. The van der Waals surface area contributed by atoms with E-state index in [9.17, 15) is 4.79 Å². The van der Waals surface area contributed by atoms with Gasteiger partial charge in [-0.15, -0.1) is 0 Å². The van der Waals surface area contributed by atoms with Gasteiger partial charge in [-0.05, 0) is 49.8 Å². The van der Waals surface area contributed by atoms with Crippen molar-refractivity contribution in [3.8, 4) is 0 Å². The normalized spacial score (nSPS) is 25.0. The van der Waals surface area contributed by atoms with Gasteiger partial charge in [0.15, 0.2) is 0 Å². The number of nitrogens with two attached hydrogens (primary N) is 1. The van der Waals surface area contributed by atoms with Crippen molar-refractivity contribution in [3.63, 3.8) is 0 Å². The van der Waals surface area contributed by atoms with E-state index in [0.717, 1.165) is 39.0 Å². The van der Waals surface area contributed by atoms with Crippen molar-refractivity contribution >= 4 is 11.6 Å². The van der Waals surface area contributed by atoms with E-state index >= 15 is 0 Å². The van der Waals surface area contributed by atoms with Gasteiger partial charge >= 0.3 is 0 Å². The molecule has 0 radical (unpaired) electrons. The fourth-order valence-corrected chi connectivity index (χ4v) is 3.95. The van der Waals surface area contributed by atoms with Crippen molar-refractivity contribution in [2.45, 2.75) is 45.6 Å². The standard InChI is InChI=1S/C19H29N3O/c1-14-5-3-8-18(15(14)2)21-9-11-22(12-10-21)19(23)13-16-6-4-7-17(16)20/h3,5,8,16-17H,4,6-7,9-13,20H2,1-2H3/t16-,17+/m0/s1. The number of rotatable bonds is 3. The van der Waals surface area contributed by atoms with Crippen LogP contribution in [0.3, 0.4) is 0 Å². The number of piperazine rings is 1. The average Bonchev–Trinajstić information content (AvgIpc) is 2.95. The van der Waals surface area contributed by atoms with Crippen molar-refractivity contribution in [3.05, 3.63) is 29.3 Å². The Morgan fingerprint density at radius 2 is 1.91 bits per heavy atom. The molecular weight excluding hydrogens is 286 g/mol. The Morgan fingerprint density at radius 3 is 2.57 bits per heavy atom. The summed E-state index contributed by atoms with van der Waals surface area (Å²) in [5, 5.41) is 0. The van der Waals surface area contributed by atoms with E-state index in [1.807, 2.05) is 4.90 Å². The van der Waals surface area contributed by atoms with E-state index in [-0.39, 0.29) is 6.04 Å². The van der Waals surface area contributed by atoms with Crippen molar-refractivity contribution in [2.24, 2.45) is 11.7 Å². The highest BCUT2D eigenvalue weighted by atomic mass is 16.2. The number of hydrogen-bond donors (Lipinski definition) is 1. The number of aryl methyl sites for hydroxylation is 1. The number of carbonyl (C=O) groups is 1. The maximum Gasteiger partial charge on any atom is 0.223 e.